The molecule has 0 amide bonds. The summed E-state index contributed by atoms with van der Waals surface area (Å²) >= 11 is 2.07. The molecule has 0 bridgehead atoms. The Labute approximate surface area is 133 Å². The van der Waals surface area contributed by atoms with Gasteiger partial charge in [0, 0.05) is 31.9 Å². The predicted octanol–water partition coefficient (Wildman–Crippen LogP) is 1.62. The van der Waals surface area contributed by atoms with Crippen LogP contribution in [0.3, 0.4) is 0 Å². The molecule has 1 unspecified atom stereocenters. The molecule has 18 heavy (non-hydrogen) atoms. The quantitative estimate of drug-likeness (QED) is 0.414. The first-order valence-electron chi connectivity index (χ1n) is 6.51. The second-order valence-electron chi connectivity index (χ2n) is 4.41. The first kappa shape index (κ1) is 18.3. The molecule has 0 aliphatic carbocycles. The molecular weight excluding hydrogens is 359 g/mol. The molecule has 1 rings (SSSR count). The highest BCUT2D eigenvalue weighted by Crippen LogP contribution is 2.25. The summed E-state index contributed by atoms with van der Waals surface area (Å²) in [5.74, 6) is 2.25. The van der Waals surface area contributed by atoms with Gasteiger partial charge in [0.2, 0.25) is 0 Å². The molecule has 1 fully saturated rings. The van der Waals surface area contributed by atoms with E-state index in [-0.39, 0.29) is 24.0 Å². The van der Waals surface area contributed by atoms with Crippen molar-refractivity contribution in [2.45, 2.75) is 25.0 Å². The predicted molar refractivity (Wildman–Crippen MR) is 93.4 cm³/mol. The van der Waals surface area contributed by atoms with Gasteiger partial charge in [0.15, 0.2) is 5.96 Å². The fourth-order valence-corrected chi connectivity index (χ4v) is 2.96. The maximum atomic E-state index is 4.24. The maximum absolute atomic E-state index is 4.24. The minimum atomic E-state index is 0. The third-order valence-corrected chi connectivity index (χ3v) is 4.47. The smallest absolute Gasteiger partial charge is 0.191 e. The minimum Gasteiger partial charge on any atom is -0.355 e. The van der Waals surface area contributed by atoms with Crippen molar-refractivity contribution in [3.05, 3.63) is 0 Å². The van der Waals surface area contributed by atoms with Crippen molar-refractivity contribution in [2.75, 3.05) is 46.0 Å². The van der Waals surface area contributed by atoms with Crippen molar-refractivity contribution in [1.29, 1.82) is 0 Å². The van der Waals surface area contributed by atoms with Crippen molar-refractivity contribution >= 4 is 41.7 Å². The summed E-state index contributed by atoms with van der Waals surface area (Å²) in [7, 11) is 3.97. The third kappa shape index (κ3) is 7.68. The lowest BCUT2D eigenvalue weighted by atomic mass is 10.2. The van der Waals surface area contributed by atoms with Crippen LogP contribution in [-0.4, -0.2) is 62.1 Å². The molecule has 0 spiro atoms. The Morgan fingerprint density at radius 2 is 2.22 bits per heavy atom. The molecule has 1 aliphatic rings. The number of rotatable bonds is 6. The molecule has 1 aliphatic heterocycles. The van der Waals surface area contributed by atoms with Gasteiger partial charge in [0.25, 0.3) is 0 Å². The van der Waals surface area contributed by atoms with E-state index in [1.165, 1.54) is 18.6 Å². The summed E-state index contributed by atoms with van der Waals surface area (Å²) in [6, 6.07) is 0. The Morgan fingerprint density at radius 3 is 2.78 bits per heavy atom. The average Bonchev–Trinajstić information content (AvgIpc) is 2.86. The highest BCUT2D eigenvalue weighted by molar-refractivity contribution is 14.0. The Bertz CT molecular complexity index is 232. The Balaban J connectivity index is 0.00000289. The molecular formula is C12H27IN4S. The molecule has 1 saturated heterocycles. The lowest BCUT2D eigenvalue weighted by Crippen LogP contribution is -2.42. The summed E-state index contributed by atoms with van der Waals surface area (Å²) in [5, 5.41) is 7.52. The molecule has 0 aromatic rings. The van der Waals surface area contributed by atoms with Crippen LogP contribution in [0.5, 0.6) is 0 Å². The SMILES string of the molecule is CCN(C)CCNC(=NC)NCC1CCCS1.I. The second kappa shape index (κ2) is 11.2. The highest BCUT2D eigenvalue weighted by atomic mass is 127. The van der Waals surface area contributed by atoms with E-state index in [0.717, 1.165) is 37.4 Å². The molecule has 2 N–H and O–H groups in total. The number of nitrogens with one attached hydrogen (secondary N) is 2. The second-order valence-corrected chi connectivity index (χ2v) is 5.82. The van der Waals surface area contributed by atoms with Crippen LogP contribution in [0.4, 0.5) is 0 Å². The van der Waals surface area contributed by atoms with E-state index in [4.69, 9.17) is 0 Å². The summed E-state index contributed by atoms with van der Waals surface area (Å²) in [4.78, 5) is 6.52. The van der Waals surface area contributed by atoms with Crippen molar-refractivity contribution in [3.63, 3.8) is 0 Å². The minimum absolute atomic E-state index is 0. The zero-order valence-electron chi connectivity index (χ0n) is 11.7. The van der Waals surface area contributed by atoms with Gasteiger partial charge in [-0.05, 0) is 32.2 Å². The molecule has 0 aromatic carbocycles. The largest absolute Gasteiger partial charge is 0.355 e. The van der Waals surface area contributed by atoms with Gasteiger partial charge in [0.05, 0.1) is 0 Å². The van der Waals surface area contributed by atoms with Crippen LogP contribution >= 0.6 is 35.7 Å². The van der Waals surface area contributed by atoms with Gasteiger partial charge in [-0.3, -0.25) is 4.99 Å². The molecule has 0 saturated carbocycles. The van der Waals surface area contributed by atoms with Crippen LogP contribution in [0.25, 0.3) is 0 Å². The standard InChI is InChI=1S/C12H26N4S.HI/c1-4-16(3)8-7-14-12(13-2)15-10-11-6-5-9-17-11;/h11H,4-10H2,1-3H3,(H2,13,14,15);1H. The number of guanidine groups is 1. The van der Waals surface area contributed by atoms with Crippen LogP contribution < -0.4 is 10.6 Å². The van der Waals surface area contributed by atoms with Crippen LogP contribution in [0.1, 0.15) is 19.8 Å². The van der Waals surface area contributed by atoms with Gasteiger partial charge in [-0.15, -0.1) is 24.0 Å². The number of aliphatic imine (C=N–C) groups is 1. The summed E-state index contributed by atoms with van der Waals surface area (Å²) in [6.07, 6.45) is 2.71. The molecule has 4 nitrogen and oxygen atoms in total. The zero-order chi connectivity index (χ0) is 12.5. The van der Waals surface area contributed by atoms with Gasteiger partial charge in [0.1, 0.15) is 0 Å². The van der Waals surface area contributed by atoms with Crippen molar-refractivity contribution < 1.29 is 0 Å². The Kier molecular flexibility index (Phi) is 11.4. The average molecular weight is 386 g/mol. The number of hydrogen-bond donors (Lipinski definition) is 2. The van der Waals surface area contributed by atoms with E-state index >= 15 is 0 Å². The van der Waals surface area contributed by atoms with Crippen molar-refractivity contribution in [3.8, 4) is 0 Å². The number of likely N-dealkylation sites (N-methyl/N-ethyl adjacent to an activating group) is 1. The Morgan fingerprint density at radius 1 is 1.44 bits per heavy atom. The van der Waals surface area contributed by atoms with Crippen LogP contribution in [-0.2, 0) is 0 Å². The fraction of sp³-hybridized carbons (Fsp3) is 0.917. The van der Waals surface area contributed by atoms with E-state index < -0.39 is 0 Å². The number of halogens is 1. The molecule has 1 heterocycles. The first-order chi connectivity index (χ1) is 8.26. The summed E-state index contributed by atoms with van der Waals surface area (Å²) in [5.41, 5.74) is 0. The van der Waals surface area contributed by atoms with Gasteiger partial charge in [-0.25, -0.2) is 0 Å². The number of nitrogens with zero attached hydrogens (tertiary/aromatic N) is 2. The Hall–Kier alpha value is 0.310. The van der Waals surface area contributed by atoms with Crippen molar-refractivity contribution in [2.24, 2.45) is 4.99 Å². The molecule has 6 heteroatoms. The van der Waals surface area contributed by atoms with Gasteiger partial charge in [-0.2, -0.15) is 11.8 Å². The van der Waals surface area contributed by atoms with Gasteiger partial charge >= 0.3 is 0 Å². The zero-order valence-corrected chi connectivity index (χ0v) is 14.9. The third-order valence-electron chi connectivity index (χ3n) is 3.07. The van der Waals surface area contributed by atoms with E-state index in [1.54, 1.807) is 0 Å². The van der Waals surface area contributed by atoms with Crippen LogP contribution in [0.15, 0.2) is 4.99 Å². The molecule has 108 valence electrons. The highest BCUT2D eigenvalue weighted by Gasteiger charge is 2.15. The molecule has 1 atom stereocenters. The van der Waals surface area contributed by atoms with E-state index in [9.17, 15) is 0 Å². The van der Waals surface area contributed by atoms with E-state index in [2.05, 4.69) is 46.3 Å². The lowest BCUT2D eigenvalue weighted by Gasteiger charge is -2.17. The first-order valence-corrected chi connectivity index (χ1v) is 7.55. The lowest BCUT2D eigenvalue weighted by molar-refractivity contribution is 0.357. The van der Waals surface area contributed by atoms with E-state index in [0.29, 0.717) is 0 Å². The number of thioether (sulfide) groups is 1. The number of hydrogen-bond acceptors (Lipinski definition) is 3. The van der Waals surface area contributed by atoms with E-state index in [1.807, 2.05) is 7.05 Å². The fourth-order valence-electron chi connectivity index (χ4n) is 1.76. The van der Waals surface area contributed by atoms with Gasteiger partial charge in [-0.1, -0.05) is 6.92 Å². The maximum Gasteiger partial charge on any atom is 0.191 e. The normalized spacial score (nSPS) is 19.8. The molecule has 0 radical (unpaired) electrons. The van der Waals surface area contributed by atoms with Crippen LogP contribution in [0.2, 0.25) is 0 Å². The van der Waals surface area contributed by atoms with Crippen LogP contribution in [0, 0.1) is 0 Å². The summed E-state index contributed by atoms with van der Waals surface area (Å²) < 4.78 is 0. The van der Waals surface area contributed by atoms with Gasteiger partial charge < -0.3 is 15.5 Å². The topological polar surface area (TPSA) is 39.7 Å². The van der Waals surface area contributed by atoms with Crippen molar-refractivity contribution in [1.82, 2.24) is 15.5 Å². The molecule has 0 aromatic heterocycles. The monoisotopic (exact) mass is 386 g/mol. The summed E-state index contributed by atoms with van der Waals surface area (Å²) in [6.45, 7) is 6.29.